The van der Waals surface area contributed by atoms with E-state index < -0.39 is 10.0 Å². The number of nitrogens with zero attached hydrogens (tertiary/aromatic N) is 2. The minimum absolute atomic E-state index is 0.0721. The number of hydrogen-bond acceptors (Lipinski definition) is 7. The van der Waals surface area contributed by atoms with Gasteiger partial charge in [0, 0.05) is 25.2 Å². The molecular weight excluding hydrogens is 430 g/mol. The van der Waals surface area contributed by atoms with E-state index in [2.05, 4.69) is 10.2 Å². The second-order valence-electron chi connectivity index (χ2n) is 8.22. The molecule has 1 unspecified atom stereocenters. The second-order valence-corrected chi connectivity index (χ2v) is 10.2. The third-order valence-electron chi connectivity index (χ3n) is 6.11. The smallest absolute Gasteiger partial charge is 0.243 e. The molecule has 2 aromatic rings. The average molecular weight is 462 g/mol. The summed E-state index contributed by atoms with van der Waals surface area (Å²) >= 11 is 0. The zero-order valence-electron chi connectivity index (χ0n) is 18.2. The number of ketones is 1. The number of likely N-dealkylation sites (tertiary alicyclic amines) is 1. The van der Waals surface area contributed by atoms with Gasteiger partial charge in [-0.15, -0.1) is 0 Å². The average Bonchev–Trinajstić information content (AvgIpc) is 3.37. The van der Waals surface area contributed by atoms with Crippen LogP contribution in [0.4, 0.5) is 0 Å². The lowest BCUT2D eigenvalue weighted by atomic mass is 10.1. The number of sulfonamides is 1. The molecule has 2 aliphatic rings. The van der Waals surface area contributed by atoms with Crippen LogP contribution >= 0.6 is 0 Å². The molecule has 8 nitrogen and oxygen atoms in total. The number of hydrogen-bond donors (Lipinski definition) is 1. The lowest BCUT2D eigenvalue weighted by Crippen LogP contribution is -2.40. The van der Waals surface area contributed by atoms with Crippen molar-refractivity contribution >= 4 is 15.8 Å². The van der Waals surface area contributed by atoms with Gasteiger partial charge in [-0.2, -0.15) is 4.31 Å². The van der Waals surface area contributed by atoms with E-state index in [0.29, 0.717) is 38.4 Å². The van der Waals surface area contributed by atoms with Gasteiger partial charge in [-0.1, -0.05) is 18.6 Å². The third-order valence-corrected chi connectivity index (χ3v) is 8.02. The second kappa shape index (κ2) is 10.7. The lowest BCUT2D eigenvalue weighted by molar-refractivity contribution is 0.0730. The Morgan fingerprint density at radius 2 is 1.72 bits per heavy atom. The SMILES string of the molecule is O=C(CNCC(c1ccco1)N1CCCCC1)c1ccc(S(=O)(=O)N2CCOCC2)cc1. The van der Waals surface area contributed by atoms with Crippen molar-refractivity contribution in [3.63, 3.8) is 0 Å². The minimum atomic E-state index is -3.56. The highest BCUT2D eigenvalue weighted by Gasteiger charge is 2.27. The number of carbonyl (C=O) groups excluding carboxylic acids is 1. The Kier molecular flexibility index (Phi) is 7.75. The zero-order valence-corrected chi connectivity index (χ0v) is 19.1. The van der Waals surface area contributed by atoms with E-state index in [4.69, 9.17) is 9.15 Å². The van der Waals surface area contributed by atoms with Crippen molar-refractivity contribution in [1.82, 2.24) is 14.5 Å². The van der Waals surface area contributed by atoms with Crippen LogP contribution in [0.1, 0.15) is 41.4 Å². The first kappa shape index (κ1) is 23.1. The number of nitrogens with one attached hydrogen (secondary N) is 1. The van der Waals surface area contributed by atoms with E-state index in [-0.39, 0.29) is 23.3 Å². The molecule has 0 spiro atoms. The Bertz CT molecular complexity index is 964. The summed E-state index contributed by atoms with van der Waals surface area (Å²) in [7, 11) is -3.56. The molecule has 0 aliphatic carbocycles. The normalized spacial score (nSPS) is 19.6. The van der Waals surface area contributed by atoms with E-state index in [0.717, 1.165) is 18.8 Å². The molecule has 1 atom stereocenters. The van der Waals surface area contributed by atoms with Gasteiger partial charge in [-0.3, -0.25) is 9.69 Å². The first-order valence-corrected chi connectivity index (χ1v) is 12.7. The van der Waals surface area contributed by atoms with Crippen LogP contribution in [0.5, 0.6) is 0 Å². The highest BCUT2D eigenvalue weighted by Crippen LogP contribution is 2.24. The largest absolute Gasteiger partial charge is 0.468 e. The number of morpholine rings is 1. The van der Waals surface area contributed by atoms with Crippen molar-refractivity contribution < 1.29 is 22.4 Å². The first-order valence-electron chi connectivity index (χ1n) is 11.2. The Morgan fingerprint density at radius 1 is 1.00 bits per heavy atom. The highest BCUT2D eigenvalue weighted by atomic mass is 32.2. The fraction of sp³-hybridized carbons (Fsp3) is 0.522. The van der Waals surface area contributed by atoms with Gasteiger partial charge in [0.2, 0.25) is 10.0 Å². The van der Waals surface area contributed by atoms with Gasteiger partial charge < -0.3 is 14.5 Å². The Hall–Kier alpha value is -2.04. The van der Waals surface area contributed by atoms with Crippen molar-refractivity contribution in [2.45, 2.75) is 30.2 Å². The molecule has 3 heterocycles. The quantitative estimate of drug-likeness (QED) is 0.573. The molecule has 0 bridgehead atoms. The summed E-state index contributed by atoms with van der Waals surface area (Å²) in [6.45, 7) is 4.35. The maximum Gasteiger partial charge on any atom is 0.243 e. The van der Waals surface area contributed by atoms with Gasteiger partial charge in [0.05, 0.1) is 37.0 Å². The predicted molar refractivity (Wildman–Crippen MR) is 120 cm³/mol. The van der Waals surface area contributed by atoms with E-state index in [9.17, 15) is 13.2 Å². The summed E-state index contributed by atoms with van der Waals surface area (Å²) in [4.78, 5) is 15.3. The number of Topliss-reactive ketones (excluding diaryl/α,β-unsaturated/α-hetero) is 1. The summed E-state index contributed by atoms with van der Waals surface area (Å²) in [6.07, 6.45) is 5.29. The van der Waals surface area contributed by atoms with Crippen molar-refractivity contribution in [1.29, 1.82) is 0 Å². The van der Waals surface area contributed by atoms with E-state index in [1.165, 1.54) is 35.7 Å². The molecule has 0 amide bonds. The van der Waals surface area contributed by atoms with Crippen molar-refractivity contribution in [2.24, 2.45) is 0 Å². The van der Waals surface area contributed by atoms with Gasteiger partial charge in [0.25, 0.3) is 0 Å². The fourth-order valence-electron chi connectivity index (χ4n) is 4.29. The predicted octanol–water partition coefficient (Wildman–Crippen LogP) is 2.30. The van der Waals surface area contributed by atoms with Crippen LogP contribution in [-0.4, -0.2) is 75.9 Å². The standard InChI is InChI=1S/C23H31N3O5S/c27-22(18-24-17-21(23-5-4-14-31-23)25-10-2-1-3-11-25)19-6-8-20(9-7-19)32(28,29)26-12-15-30-16-13-26/h4-9,14,21,24H,1-3,10-13,15-18H2. The number of benzene rings is 1. The molecule has 2 saturated heterocycles. The van der Waals surface area contributed by atoms with E-state index in [1.54, 1.807) is 18.4 Å². The first-order chi connectivity index (χ1) is 15.6. The number of rotatable bonds is 9. The van der Waals surface area contributed by atoms with E-state index >= 15 is 0 Å². The van der Waals surface area contributed by atoms with Crippen LogP contribution < -0.4 is 5.32 Å². The summed E-state index contributed by atoms with van der Waals surface area (Å²) < 4.78 is 37.8. The van der Waals surface area contributed by atoms with Crippen molar-refractivity contribution in [2.75, 3.05) is 52.5 Å². The van der Waals surface area contributed by atoms with Crippen LogP contribution in [0.2, 0.25) is 0 Å². The molecular formula is C23H31N3O5S. The molecule has 1 aromatic carbocycles. The molecule has 32 heavy (non-hydrogen) atoms. The number of furan rings is 1. The van der Waals surface area contributed by atoms with Gasteiger partial charge in [0.15, 0.2) is 5.78 Å². The third kappa shape index (κ3) is 5.47. The molecule has 2 aliphatic heterocycles. The fourth-order valence-corrected chi connectivity index (χ4v) is 5.70. The zero-order chi connectivity index (χ0) is 22.4. The van der Waals surface area contributed by atoms with Crippen LogP contribution in [-0.2, 0) is 14.8 Å². The summed E-state index contributed by atoms with van der Waals surface area (Å²) in [5.74, 6) is 0.835. The summed E-state index contributed by atoms with van der Waals surface area (Å²) in [5, 5.41) is 3.27. The number of ether oxygens (including phenoxy) is 1. The molecule has 0 radical (unpaired) electrons. The summed E-state index contributed by atoms with van der Waals surface area (Å²) in [5.41, 5.74) is 0.492. The summed E-state index contributed by atoms with van der Waals surface area (Å²) in [6, 6.07) is 10.2. The Morgan fingerprint density at radius 3 is 2.38 bits per heavy atom. The van der Waals surface area contributed by atoms with E-state index in [1.807, 2.05) is 12.1 Å². The molecule has 9 heteroatoms. The van der Waals surface area contributed by atoms with Gasteiger partial charge in [0.1, 0.15) is 5.76 Å². The molecule has 1 aromatic heterocycles. The van der Waals surface area contributed by atoms with Crippen LogP contribution in [0.25, 0.3) is 0 Å². The topological polar surface area (TPSA) is 92.1 Å². The number of carbonyl (C=O) groups is 1. The van der Waals surface area contributed by atoms with Gasteiger partial charge >= 0.3 is 0 Å². The molecule has 174 valence electrons. The Labute approximate surface area is 189 Å². The maximum atomic E-state index is 12.7. The van der Waals surface area contributed by atoms with Gasteiger partial charge in [-0.25, -0.2) is 8.42 Å². The van der Waals surface area contributed by atoms with Crippen LogP contribution in [0, 0.1) is 0 Å². The Balaban J connectivity index is 1.34. The number of piperidine rings is 1. The maximum absolute atomic E-state index is 12.7. The van der Waals surface area contributed by atoms with Crippen LogP contribution in [0.3, 0.4) is 0 Å². The molecule has 0 saturated carbocycles. The molecule has 2 fully saturated rings. The van der Waals surface area contributed by atoms with Crippen molar-refractivity contribution in [3.8, 4) is 0 Å². The molecule has 1 N–H and O–H groups in total. The van der Waals surface area contributed by atoms with Crippen molar-refractivity contribution in [3.05, 3.63) is 54.0 Å². The highest BCUT2D eigenvalue weighted by molar-refractivity contribution is 7.89. The van der Waals surface area contributed by atoms with Gasteiger partial charge in [-0.05, 0) is 50.2 Å². The molecule has 4 rings (SSSR count). The monoisotopic (exact) mass is 461 g/mol. The van der Waals surface area contributed by atoms with Crippen LogP contribution in [0.15, 0.2) is 52.0 Å². The minimum Gasteiger partial charge on any atom is -0.468 e. The lowest BCUT2D eigenvalue weighted by Gasteiger charge is -2.33.